The van der Waals surface area contributed by atoms with Crippen molar-refractivity contribution in [2.75, 3.05) is 13.7 Å². The highest BCUT2D eigenvalue weighted by Gasteiger charge is 2.27. The number of halogens is 1. The van der Waals surface area contributed by atoms with Gasteiger partial charge < -0.3 is 19.7 Å². The summed E-state index contributed by atoms with van der Waals surface area (Å²) < 4.78 is 11.0. The molecule has 7 heteroatoms. The van der Waals surface area contributed by atoms with Gasteiger partial charge in [-0.05, 0) is 68.7 Å². The molecule has 0 aliphatic heterocycles. The number of ether oxygens (including phenoxy) is 2. The van der Waals surface area contributed by atoms with Gasteiger partial charge in [0.1, 0.15) is 17.5 Å². The van der Waals surface area contributed by atoms with E-state index in [0.717, 1.165) is 17.5 Å². The van der Waals surface area contributed by atoms with Crippen LogP contribution in [0, 0.1) is 6.92 Å². The molecule has 0 saturated carbocycles. The average Bonchev–Trinajstić information content (AvgIpc) is 2.77. The molecule has 168 valence electrons. The Balaban J connectivity index is 2.18. The van der Waals surface area contributed by atoms with E-state index < -0.39 is 6.04 Å². The molecule has 0 aliphatic rings. The van der Waals surface area contributed by atoms with Gasteiger partial charge in [0.2, 0.25) is 5.91 Å². The minimum atomic E-state index is -0.664. The van der Waals surface area contributed by atoms with Crippen molar-refractivity contribution < 1.29 is 19.1 Å². The van der Waals surface area contributed by atoms with Crippen molar-refractivity contribution in [3.63, 3.8) is 0 Å². The summed E-state index contributed by atoms with van der Waals surface area (Å²) in [4.78, 5) is 27.4. The van der Waals surface area contributed by atoms with Crippen LogP contribution in [-0.2, 0) is 16.1 Å². The molecule has 0 fully saturated rings. The second-order valence-corrected chi connectivity index (χ2v) is 7.97. The Bertz CT molecular complexity index is 903. The van der Waals surface area contributed by atoms with Gasteiger partial charge >= 0.3 is 0 Å². The fourth-order valence-corrected chi connectivity index (χ4v) is 3.07. The molecular weight excluding hydrogens is 416 g/mol. The highest BCUT2D eigenvalue weighted by molar-refractivity contribution is 6.31. The van der Waals surface area contributed by atoms with Crippen molar-refractivity contribution in [3.05, 3.63) is 58.6 Å². The number of methoxy groups -OCH3 is 1. The summed E-state index contributed by atoms with van der Waals surface area (Å²) in [5, 5.41) is 3.58. The zero-order chi connectivity index (χ0) is 23.0. The summed E-state index contributed by atoms with van der Waals surface area (Å²) in [6, 6.07) is 12.0. The molecule has 1 N–H and O–H groups in total. The van der Waals surface area contributed by atoms with Crippen LogP contribution >= 0.6 is 11.6 Å². The van der Waals surface area contributed by atoms with Gasteiger partial charge in [0, 0.05) is 17.6 Å². The quantitative estimate of drug-likeness (QED) is 0.588. The molecule has 0 heterocycles. The SMILES string of the molecule is CC[C@H](C)NC(=O)[C@H](C)N(Cc1cccc(OC)c1)C(=O)COc1ccc(Cl)c(C)c1. The number of carbonyl (C=O) groups excluding carboxylic acids is 2. The maximum Gasteiger partial charge on any atom is 0.261 e. The lowest BCUT2D eigenvalue weighted by Crippen LogP contribution is -2.50. The summed E-state index contributed by atoms with van der Waals surface area (Å²) >= 11 is 6.05. The van der Waals surface area contributed by atoms with Crippen LogP contribution in [0.4, 0.5) is 0 Å². The molecule has 2 atom stereocenters. The number of rotatable bonds is 10. The lowest BCUT2D eigenvalue weighted by atomic mass is 10.1. The average molecular weight is 447 g/mol. The number of hydrogen-bond acceptors (Lipinski definition) is 4. The van der Waals surface area contributed by atoms with E-state index in [1.54, 1.807) is 32.2 Å². The Hall–Kier alpha value is -2.73. The van der Waals surface area contributed by atoms with Crippen LogP contribution in [0.3, 0.4) is 0 Å². The molecule has 6 nitrogen and oxygen atoms in total. The summed E-state index contributed by atoms with van der Waals surface area (Å²) in [7, 11) is 1.59. The number of aryl methyl sites for hydroxylation is 1. The van der Waals surface area contributed by atoms with Crippen molar-refractivity contribution in [3.8, 4) is 11.5 Å². The van der Waals surface area contributed by atoms with E-state index in [1.807, 2.05) is 45.0 Å². The van der Waals surface area contributed by atoms with E-state index in [9.17, 15) is 9.59 Å². The standard InChI is InChI=1S/C24H31ClN2O4/c1-6-17(3)26-24(29)18(4)27(14-19-8-7-9-20(13-19)30-5)23(28)15-31-21-10-11-22(25)16(2)12-21/h7-13,17-18H,6,14-15H2,1-5H3,(H,26,29)/t17-,18-/m0/s1. The van der Waals surface area contributed by atoms with Gasteiger partial charge in [0.15, 0.2) is 6.61 Å². The number of carbonyl (C=O) groups is 2. The molecule has 0 radical (unpaired) electrons. The first-order valence-corrected chi connectivity index (χ1v) is 10.7. The Morgan fingerprint density at radius 1 is 1.13 bits per heavy atom. The Morgan fingerprint density at radius 2 is 1.87 bits per heavy atom. The van der Waals surface area contributed by atoms with E-state index in [2.05, 4.69) is 5.32 Å². The van der Waals surface area contributed by atoms with Crippen LogP contribution < -0.4 is 14.8 Å². The molecule has 2 rings (SSSR count). The van der Waals surface area contributed by atoms with Gasteiger partial charge in [0.25, 0.3) is 5.91 Å². The zero-order valence-corrected chi connectivity index (χ0v) is 19.5. The van der Waals surface area contributed by atoms with E-state index in [1.165, 1.54) is 4.90 Å². The summed E-state index contributed by atoms with van der Waals surface area (Å²) in [6.45, 7) is 7.59. The first-order valence-electron chi connectivity index (χ1n) is 10.4. The van der Waals surface area contributed by atoms with Gasteiger partial charge in [-0.25, -0.2) is 0 Å². The molecule has 2 aromatic rings. The van der Waals surface area contributed by atoms with Crippen LogP contribution in [0.25, 0.3) is 0 Å². The molecule has 0 aromatic heterocycles. The molecule has 31 heavy (non-hydrogen) atoms. The van der Waals surface area contributed by atoms with E-state index in [4.69, 9.17) is 21.1 Å². The maximum atomic E-state index is 13.1. The maximum absolute atomic E-state index is 13.1. The Labute approximate surface area is 189 Å². The Morgan fingerprint density at radius 3 is 2.52 bits per heavy atom. The summed E-state index contributed by atoms with van der Waals surface area (Å²) in [6.07, 6.45) is 0.807. The lowest BCUT2D eigenvalue weighted by molar-refractivity contribution is -0.142. The van der Waals surface area contributed by atoms with Crippen LogP contribution in [0.15, 0.2) is 42.5 Å². The number of amides is 2. The molecule has 0 saturated heterocycles. The van der Waals surface area contributed by atoms with Crippen molar-refractivity contribution in [1.29, 1.82) is 0 Å². The second-order valence-electron chi connectivity index (χ2n) is 7.57. The van der Waals surface area contributed by atoms with Crippen molar-refractivity contribution in [1.82, 2.24) is 10.2 Å². The molecule has 2 amide bonds. The van der Waals surface area contributed by atoms with Gasteiger partial charge in [-0.1, -0.05) is 30.7 Å². The van der Waals surface area contributed by atoms with Gasteiger partial charge in [-0.2, -0.15) is 0 Å². The monoisotopic (exact) mass is 446 g/mol. The Kier molecular flexibility index (Phi) is 9.19. The number of nitrogens with zero attached hydrogens (tertiary/aromatic N) is 1. The third-order valence-corrected chi connectivity index (χ3v) is 5.57. The lowest BCUT2D eigenvalue weighted by Gasteiger charge is -2.29. The normalized spacial score (nSPS) is 12.6. The largest absolute Gasteiger partial charge is 0.497 e. The minimum Gasteiger partial charge on any atom is -0.497 e. The van der Waals surface area contributed by atoms with Crippen molar-refractivity contribution >= 4 is 23.4 Å². The van der Waals surface area contributed by atoms with Crippen LogP contribution in [-0.4, -0.2) is 42.5 Å². The zero-order valence-electron chi connectivity index (χ0n) is 18.8. The van der Waals surface area contributed by atoms with Crippen molar-refractivity contribution in [2.45, 2.75) is 52.7 Å². The topological polar surface area (TPSA) is 67.9 Å². The molecule has 0 aliphatic carbocycles. The van der Waals surface area contributed by atoms with E-state index in [0.29, 0.717) is 16.5 Å². The van der Waals surface area contributed by atoms with E-state index >= 15 is 0 Å². The minimum absolute atomic E-state index is 0.0250. The predicted molar refractivity (Wildman–Crippen MR) is 123 cm³/mol. The predicted octanol–water partition coefficient (Wildman–Crippen LogP) is 4.37. The van der Waals surface area contributed by atoms with Gasteiger partial charge in [-0.15, -0.1) is 0 Å². The number of benzene rings is 2. The molecule has 0 spiro atoms. The fourth-order valence-electron chi connectivity index (χ4n) is 2.95. The molecule has 2 aromatic carbocycles. The summed E-state index contributed by atoms with van der Waals surface area (Å²) in [5.74, 6) is 0.748. The van der Waals surface area contributed by atoms with E-state index in [-0.39, 0.29) is 31.0 Å². The third-order valence-electron chi connectivity index (χ3n) is 5.15. The second kappa shape index (κ2) is 11.6. The number of nitrogens with one attached hydrogen (secondary N) is 1. The first kappa shape index (κ1) is 24.5. The smallest absolute Gasteiger partial charge is 0.261 e. The molecule has 0 unspecified atom stereocenters. The molecule has 0 bridgehead atoms. The van der Waals surface area contributed by atoms with Crippen molar-refractivity contribution in [2.24, 2.45) is 0 Å². The highest BCUT2D eigenvalue weighted by Crippen LogP contribution is 2.21. The van der Waals surface area contributed by atoms with Gasteiger partial charge in [-0.3, -0.25) is 9.59 Å². The first-order chi connectivity index (χ1) is 14.7. The highest BCUT2D eigenvalue weighted by atomic mass is 35.5. The van der Waals surface area contributed by atoms with Crippen LogP contribution in [0.5, 0.6) is 11.5 Å². The van der Waals surface area contributed by atoms with Gasteiger partial charge in [0.05, 0.1) is 7.11 Å². The fraction of sp³-hybridized carbons (Fsp3) is 0.417. The van der Waals surface area contributed by atoms with Crippen LogP contribution in [0.1, 0.15) is 38.3 Å². The number of hydrogen-bond donors (Lipinski definition) is 1. The summed E-state index contributed by atoms with van der Waals surface area (Å²) in [5.41, 5.74) is 1.72. The molecular formula is C24H31ClN2O4. The third kappa shape index (κ3) is 7.17. The van der Waals surface area contributed by atoms with Crippen LogP contribution in [0.2, 0.25) is 5.02 Å².